The Kier molecular flexibility index (Phi) is 62.2. The van der Waals surface area contributed by atoms with Gasteiger partial charge in [-0.2, -0.15) is 0 Å². The number of carbonyl (C=O) groups excluding carboxylic acids is 3. The van der Waals surface area contributed by atoms with Crippen LogP contribution in [0.5, 0.6) is 0 Å². The topological polar surface area (TPSA) is 78.9 Å². The first kappa shape index (κ1) is 73.6. The van der Waals surface area contributed by atoms with Crippen molar-refractivity contribution >= 4 is 17.9 Å². The molecule has 6 heteroatoms. The van der Waals surface area contributed by atoms with E-state index in [1.807, 2.05) is 0 Å². The summed E-state index contributed by atoms with van der Waals surface area (Å²) >= 11 is 0. The van der Waals surface area contributed by atoms with E-state index in [9.17, 15) is 14.4 Å². The van der Waals surface area contributed by atoms with Gasteiger partial charge in [0.25, 0.3) is 0 Å². The Morgan fingerprint density at radius 1 is 0.273 bits per heavy atom. The number of carbonyl (C=O) groups is 3. The Balaban J connectivity index is 4.13. The first-order chi connectivity index (χ1) is 38.0. The molecule has 0 aromatic rings. The lowest BCUT2D eigenvalue weighted by molar-refractivity contribution is -0.167. The van der Waals surface area contributed by atoms with Crippen molar-refractivity contribution in [2.75, 3.05) is 13.2 Å². The van der Waals surface area contributed by atoms with E-state index >= 15 is 0 Å². The fourth-order valence-corrected chi connectivity index (χ4v) is 9.43. The van der Waals surface area contributed by atoms with E-state index in [1.54, 1.807) is 0 Å². The van der Waals surface area contributed by atoms with E-state index < -0.39 is 6.10 Å². The van der Waals surface area contributed by atoms with Crippen LogP contribution in [-0.4, -0.2) is 37.2 Å². The molecule has 1 unspecified atom stereocenters. The van der Waals surface area contributed by atoms with Gasteiger partial charge in [0.2, 0.25) is 0 Å². The highest BCUT2D eigenvalue weighted by molar-refractivity contribution is 5.71. The third-order valence-corrected chi connectivity index (χ3v) is 14.4. The highest BCUT2D eigenvalue weighted by Gasteiger charge is 2.19. The largest absolute Gasteiger partial charge is 0.462 e. The average molecular weight is 1070 g/mol. The summed E-state index contributed by atoms with van der Waals surface area (Å²) in [5.41, 5.74) is 0. The molecule has 0 radical (unpaired) electrons. The normalized spacial score (nSPS) is 12.6. The molecular formula is C71H124O6. The van der Waals surface area contributed by atoms with Crippen molar-refractivity contribution in [1.29, 1.82) is 0 Å². The molecule has 444 valence electrons. The van der Waals surface area contributed by atoms with Crippen molar-refractivity contribution in [1.82, 2.24) is 0 Å². The number of esters is 3. The van der Waals surface area contributed by atoms with Crippen LogP contribution in [0.4, 0.5) is 0 Å². The van der Waals surface area contributed by atoms with Crippen LogP contribution in [0.2, 0.25) is 0 Å². The summed E-state index contributed by atoms with van der Waals surface area (Å²) in [5, 5.41) is 0. The molecule has 0 bridgehead atoms. The predicted octanol–water partition coefficient (Wildman–Crippen LogP) is 22.7. The van der Waals surface area contributed by atoms with Gasteiger partial charge in [-0.15, -0.1) is 0 Å². The van der Waals surface area contributed by atoms with Crippen LogP contribution >= 0.6 is 0 Å². The summed E-state index contributed by atoms with van der Waals surface area (Å²) in [5.74, 6) is -0.870. The van der Waals surface area contributed by atoms with Gasteiger partial charge in [-0.05, 0) is 89.9 Å². The molecular weight excluding hydrogens is 949 g/mol. The smallest absolute Gasteiger partial charge is 0.306 e. The average Bonchev–Trinajstić information content (AvgIpc) is 3.43. The molecule has 0 rings (SSSR count). The van der Waals surface area contributed by atoms with Crippen molar-refractivity contribution in [2.24, 2.45) is 0 Å². The molecule has 0 N–H and O–H groups in total. The standard InChI is InChI=1S/C71H124O6/c1-4-7-10-13-16-19-22-24-26-27-28-29-30-31-32-33-34-35-36-37-38-39-40-41-42-43-45-46-49-52-55-58-61-64-70(73)76-67-68(66-75-69(72)63-60-57-54-51-48-21-18-15-12-9-6-3)77-71(74)65-62-59-56-53-50-47-44-25-23-20-17-14-11-8-5-2/h7,10,15-16,18-19,24,26,28-29,31-32,34-35,68H,4-6,8-9,11-14,17,20-23,25,27,30,33,36-67H2,1-3H3/b10-7-,18-15-,19-16-,26-24-,29-28-,32-31-,35-34-. The van der Waals surface area contributed by atoms with Crippen molar-refractivity contribution in [3.05, 3.63) is 85.1 Å². The highest BCUT2D eigenvalue weighted by Crippen LogP contribution is 2.17. The van der Waals surface area contributed by atoms with Crippen LogP contribution in [0.3, 0.4) is 0 Å². The summed E-state index contributed by atoms with van der Waals surface area (Å²) in [6.45, 7) is 6.51. The molecule has 0 aromatic carbocycles. The fourth-order valence-electron chi connectivity index (χ4n) is 9.43. The summed E-state index contributed by atoms with van der Waals surface area (Å²) in [7, 11) is 0. The van der Waals surface area contributed by atoms with Gasteiger partial charge in [0.15, 0.2) is 6.10 Å². The maximum absolute atomic E-state index is 12.9. The monoisotopic (exact) mass is 1070 g/mol. The first-order valence-corrected chi connectivity index (χ1v) is 33.1. The van der Waals surface area contributed by atoms with Crippen molar-refractivity contribution in [3.8, 4) is 0 Å². The lowest BCUT2D eigenvalue weighted by Gasteiger charge is -2.18. The van der Waals surface area contributed by atoms with E-state index in [0.717, 1.165) is 103 Å². The van der Waals surface area contributed by atoms with E-state index in [2.05, 4.69) is 106 Å². The number of unbranched alkanes of at least 4 members (excludes halogenated alkanes) is 35. The van der Waals surface area contributed by atoms with Crippen LogP contribution in [0.1, 0.15) is 329 Å². The summed E-state index contributed by atoms with van der Waals surface area (Å²) in [6.07, 6.45) is 86.1. The number of ether oxygens (including phenoxy) is 3. The lowest BCUT2D eigenvalue weighted by Crippen LogP contribution is -2.30. The molecule has 0 aliphatic rings. The maximum atomic E-state index is 12.9. The van der Waals surface area contributed by atoms with Crippen LogP contribution in [0, 0.1) is 0 Å². The van der Waals surface area contributed by atoms with Gasteiger partial charge >= 0.3 is 17.9 Å². The predicted molar refractivity (Wildman–Crippen MR) is 334 cm³/mol. The van der Waals surface area contributed by atoms with Crippen molar-refractivity contribution in [3.63, 3.8) is 0 Å². The Morgan fingerprint density at radius 2 is 0.519 bits per heavy atom. The Bertz CT molecular complexity index is 1470. The molecule has 6 nitrogen and oxygen atoms in total. The summed E-state index contributed by atoms with van der Waals surface area (Å²) in [4.78, 5) is 38.2. The van der Waals surface area contributed by atoms with Crippen LogP contribution in [0.15, 0.2) is 85.1 Å². The fraction of sp³-hybridized carbons (Fsp3) is 0.761. The summed E-state index contributed by atoms with van der Waals surface area (Å²) < 4.78 is 16.9. The quantitative estimate of drug-likeness (QED) is 0.0261. The van der Waals surface area contributed by atoms with E-state index in [0.29, 0.717) is 19.3 Å². The maximum Gasteiger partial charge on any atom is 0.306 e. The Labute approximate surface area is 477 Å². The molecule has 0 saturated carbocycles. The van der Waals surface area contributed by atoms with Gasteiger partial charge in [-0.3, -0.25) is 14.4 Å². The minimum Gasteiger partial charge on any atom is -0.462 e. The minimum atomic E-state index is -0.776. The van der Waals surface area contributed by atoms with Crippen molar-refractivity contribution < 1.29 is 28.6 Å². The number of rotatable bonds is 60. The third kappa shape index (κ3) is 63.3. The molecule has 0 fully saturated rings. The second-order valence-electron chi connectivity index (χ2n) is 22.0. The SMILES string of the molecule is CC/C=C\C/C=C\C/C=C\C/C=C\C/C=C\C/C=C\CCCCCCCCCCCCCCCCC(=O)OCC(COC(=O)CCCCCCC/C=C\CCCC)OC(=O)CCCCCCCCCCCCCCCCC. The highest BCUT2D eigenvalue weighted by atomic mass is 16.6. The number of hydrogen-bond acceptors (Lipinski definition) is 6. The Morgan fingerprint density at radius 3 is 0.844 bits per heavy atom. The zero-order chi connectivity index (χ0) is 55.7. The second kappa shape index (κ2) is 65.1. The molecule has 0 aromatic heterocycles. The van der Waals surface area contributed by atoms with Gasteiger partial charge < -0.3 is 14.2 Å². The van der Waals surface area contributed by atoms with E-state index in [4.69, 9.17) is 14.2 Å². The van der Waals surface area contributed by atoms with Crippen LogP contribution in [-0.2, 0) is 28.6 Å². The molecule has 0 saturated heterocycles. The van der Waals surface area contributed by atoms with E-state index in [1.165, 1.54) is 186 Å². The van der Waals surface area contributed by atoms with Gasteiger partial charge in [0.05, 0.1) is 0 Å². The van der Waals surface area contributed by atoms with Crippen LogP contribution < -0.4 is 0 Å². The second-order valence-corrected chi connectivity index (χ2v) is 22.0. The molecule has 1 atom stereocenters. The van der Waals surface area contributed by atoms with Crippen molar-refractivity contribution in [2.45, 2.75) is 335 Å². The third-order valence-electron chi connectivity index (χ3n) is 14.4. The van der Waals surface area contributed by atoms with Crippen LogP contribution in [0.25, 0.3) is 0 Å². The van der Waals surface area contributed by atoms with Gasteiger partial charge in [-0.1, -0.05) is 305 Å². The number of allylic oxidation sites excluding steroid dienone is 14. The number of hydrogen-bond donors (Lipinski definition) is 0. The minimum absolute atomic E-state index is 0.0747. The zero-order valence-electron chi connectivity index (χ0n) is 51.0. The van der Waals surface area contributed by atoms with Gasteiger partial charge in [0.1, 0.15) is 13.2 Å². The Hall–Kier alpha value is -3.41. The summed E-state index contributed by atoms with van der Waals surface area (Å²) in [6, 6.07) is 0. The lowest BCUT2D eigenvalue weighted by atomic mass is 10.0. The first-order valence-electron chi connectivity index (χ1n) is 33.1. The molecule has 0 spiro atoms. The molecule has 77 heavy (non-hydrogen) atoms. The zero-order valence-corrected chi connectivity index (χ0v) is 51.0. The van der Waals surface area contributed by atoms with E-state index in [-0.39, 0.29) is 31.1 Å². The van der Waals surface area contributed by atoms with Gasteiger partial charge in [-0.25, -0.2) is 0 Å². The molecule has 0 amide bonds. The van der Waals surface area contributed by atoms with Gasteiger partial charge in [0, 0.05) is 19.3 Å². The molecule has 0 aliphatic carbocycles. The molecule has 0 aliphatic heterocycles. The molecule has 0 heterocycles.